The normalized spacial score (nSPS) is 10.6. The van der Waals surface area contributed by atoms with Gasteiger partial charge in [-0.15, -0.1) is 9.98 Å². The van der Waals surface area contributed by atoms with Crippen LogP contribution in [0.1, 0.15) is 0 Å². The van der Waals surface area contributed by atoms with Gasteiger partial charge in [-0.05, 0) is 0 Å². The summed E-state index contributed by atoms with van der Waals surface area (Å²) in [4.78, 5) is 23.8. The van der Waals surface area contributed by atoms with Crippen LogP contribution in [-0.2, 0) is 9.59 Å². The molecule has 0 aliphatic carbocycles. The van der Waals surface area contributed by atoms with Crippen molar-refractivity contribution in [3.8, 4) is 0 Å². The van der Waals surface area contributed by atoms with E-state index in [9.17, 15) is 9.59 Å². The molecular weight excluding hydrogens is 112 g/mol. The topological polar surface area (TPSA) is 79.1 Å². The number of nitrogens with zero attached hydrogens (tertiary/aromatic N) is 2. The zero-order chi connectivity index (χ0) is 6.41. The molecule has 0 aromatic heterocycles. The molecule has 0 saturated carbocycles. The van der Waals surface area contributed by atoms with Crippen molar-refractivity contribution in [1.29, 1.82) is 0 Å². The van der Waals surface area contributed by atoms with Gasteiger partial charge in [0.1, 0.15) is 0 Å². The molecule has 5 nitrogen and oxygen atoms in total. The summed E-state index contributed by atoms with van der Waals surface area (Å²) in [5.74, 6) is 0. The predicted octanol–water partition coefficient (Wildman–Crippen LogP) is -1.07. The molecule has 0 radical (unpaired) electrons. The second-order valence-corrected chi connectivity index (χ2v) is 0.787. The van der Waals surface area contributed by atoms with Crippen LogP contribution in [0.3, 0.4) is 0 Å². The van der Waals surface area contributed by atoms with E-state index in [1.54, 1.807) is 0 Å². The molecule has 0 saturated heterocycles. The van der Waals surface area contributed by atoms with Crippen molar-refractivity contribution >= 4 is 12.2 Å². The van der Waals surface area contributed by atoms with E-state index < -0.39 is 6.35 Å². The van der Waals surface area contributed by atoms with E-state index in [4.69, 9.17) is 5.11 Å². The van der Waals surface area contributed by atoms with E-state index in [1.807, 2.05) is 0 Å². The third kappa shape index (κ3) is 2.93. The molecule has 0 spiro atoms. The average Bonchev–Trinajstić information content (AvgIpc) is 1.68. The Balaban J connectivity index is 3.82. The molecule has 0 rings (SSSR count). The third-order valence-electron chi connectivity index (χ3n) is 0.336. The Morgan fingerprint density at radius 1 is 1.25 bits per heavy atom. The maximum Gasteiger partial charge on any atom is 0.265 e. The fraction of sp³-hybridized carbons (Fsp3) is 0.333. The average molecular weight is 114 g/mol. The molecule has 0 aliphatic rings. The van der Waals surface area contributed by atoms with E-state index in [-0.39, 0.29) is 0 Å². The number of isocyanates is 2. The highest BCUT2D eigenvalue weighted by atomic mass is 16.3. The zero-order valence-corrected chi connectivity index (χ0v) is 3.74. The van der Waals surface area contributed by atoms with Crippen LogP contribution in [0.15, 0.2) is 9.98 Å². The molecule has 0 fully saturated rings. The van der Waals surface area contributed by atoms with Crippen molar-refractivity contribution in [2.45, 2.75) is 6.35 Å². The Hall–Kier alpha value is -1.28. The molecule has 42 valence electrons. The number of hydrogen-bond donors (Lipinski definition) is 1. The summed E-state index contributed by atoms with van der Waals surface area (Å²) in [6.07, 6.45) is 0.375. The van der Waals surface area contributed by atoms with Gasteiger partial charge in [0.25, 0.3) is 6.35 Å². The van der Waals surface area contributed by atoms with Gasteiger partial charge in [0.15, 0.2) is 0 Å². The Labute approximate surface area is 44.4 Å². The molecule has 0 heterocycles. The molecule has 0 aliphatic heterocycles. The lowest BCUT2D eigenvalue weighted by molar-refractivity contribution is 0.194. The van der Waals surface area contributed by atoms with E-state index >= 15 is 0 Å². The monoisotopic (exact) mass is 114 g/mol. The van der Waals surface area contributed by atoms with Gasteiger partial charge < -0.3 is 5.11 Å². The molecule has 5 heteroatoms. The summed E-state index contributed by atoms with van der Waals surface area (Å²) in [5.41, 5.74) is 0. The molecule has 0 atom stereocenters. The number of rotatable bonds is 2. The molecule has 0 amide bonds. The standard InChI is InChI=1S/C3H2N2O3/c6-1-4-3(8)5-2-7/h3,8H. The van der Waals surface area contributed by atoms with Crippen LogP contribution in [0.5, 0.6) is 0 Å². The summed E-state index contributed by atoms with van der Waals surface area (Å²) in [5, 5.41) is 8.19. The first-order chi connectivity index (χ1) is 3.81. The maximum absolute atomic E-state index is 9.25. The molecule has 0 aromatic rings. The summed E-state index contributed by atoms with van der Waals surface area (Å²) in [7, 11) is 0. The third-order valence-corrected chi connectivity index (χ3v) is 0.336. The minimum Gasteiger partial charge on any atom is -0.353 e. The van der Waals surface area contributed by atoms with Crippen LogP contribution in [0, 0.1) is 0 Å². The van der Waals surface area contributed by atoms with Crippen molar-refractivity contribution in [3.05, 3.63) is 0 Å². The molecular formula is C3H2N2O3. The highest BCUT2D eigenvalue weighted by molar-refractivity contribution is 5.36. The van der Waals surface area contributed by atoms with Gasteiger partial charge in [-0.1, -0.05) is 0 Å². The van der Waals surface area contributed by atoms with Gasteiger partial charge >= 0.3 is 0 Å². The van der Waals surface area contributed by atoms with E-state index in [0.29, 0.717) is 0 Å². The fourth-order valence-corrected chi connectivity index (χ4v) is 0.123. The van der Waals surface area contributed by atoms with E-state index in [0.717, 1.165) is 12.2 Å². The number of hydrogen-bond acceptors (Lipinski definition) is 5. The fourth-order valence-electron chi connectivity index (χ4n) is 0.123. The first-order valence-corrected chi connectivity index (χ1v) is 1.63. The molecule has 1 N–H and O–H groups in total. The molecule has 0 unspecified atom stereocenters. The molecule has 8 heavy (non-hydrogen) atoms. The van der Waals surface area contributed by atoms with Crippen molar-refractivity contribution in [2.24, 2.45) is 9.98 Å². The Bertz CT molecular complexity index is 136. The van der Waals surface area contributed by atoms with Crippen LogP contribution in [0.4, 0.5) is 0 Å². The van der Waals surface area contributed by atoms with Crippen LogP contribution in [-0.4, -0.2) is 23.6 Å². The highest BCUT2D eigenvalue weighted by Crippen LogP contribution is 1.79. The Morgan fingerprint density at radius 3 is 1.88 bits per heavy atom. The molecule has 0 bridgehead atoms. The quantitative estimate of drug-likeness (QED) is 0.367. The van der Waals surface area contributed by atoms with Crippen molar-refractivity contribution in [3.63, 3.8) is 0 Å². The van der Waals surface area contributed by atoms with E-state index in [2.05, 4.69) is 9.98 Å². The summed E-state index contributed by atoms with van der Waals surface area (Å²) in [6, 6.07) is 0. The first-order valence-electron chi connectivity index (χ1n) is 1.63. The smallest absolute Gasteiger partial charge is 0.265 e. The van der Waals surface area contributed by atoms with Gasteiger partial charge in [-0.2, -0.15) is 0 Å². The van der Waals surface area contributed by atoms with Gasteiger partial charge in [-0.25, -0.2) is 9.59 Å². The summed E-state index contributed by atoms with van der Waals surface area (Å²) < 4.78 is 0. The van der Waals surface area contributed by atoms with E-state index in [1.165, 1.54) is 0 Å². The van der Waals surface area contributed by atoms with Crippen LogP contribution < -0.4 is 0 Å². The summed E-state index contributed by atoms with van der Waals surface area (Å²) in [6.45, 7) is 0. The van der Waals surface area contributed by atoms with Gasteiger partial charge in [-0.3, -0.25) is 0 Å². The minimum atomic E-state index is -1.63. The van der Waals surface area contributed by atoms with Crippen LogP contribution in [0.25, 0.3) is 0 Å². The second kappa shape index (κ2) is 3.89. The lowest BCUT2D eigenvalue weighted by atomic mass is 11.0. The number of aliphatic hydroxyl groups is 1. The van der Waals surface area contributed by atoms with Crippen molar-refractivity contribution < 1.29 is 14.7 Å². The first kappa shape index (κ1) is 6.72. The second-order valence-electron chi connectivity index (χ2n) is 0.787. The largest absolute Gasteiger partial charge is 0.353 e. The van der Waals surface area contributed by atoms with Gasteiger partial charge in [0.2, 0.25) is 12.2 Å². The van der Waals surface area contributed by atoms with Gasteiger partial charge in [0, 0.05) is 0 Å². The van der Waals surface area contributed by atoms with Crippen molar-refractivity contribution in [1.82, 2.24) is 0 Å². The Morgan fingerprint density at radius 2 is 1.62 bits per heavy atom. The highest BCUT2D eigenvalue weighted by Gasteiger charge is 1.90. The lowest BCUT2D eigenvalue weighted by Crippen LogP contribution is -1.94. The summed E-state index contributed by atoms with van der Waals surface area (Å²) >= 11 is 0. The minimum absolute atomic E-state index is 1.00. The van der Waals surface area contributed by atoms with Crippen LogP contribution >= 0.6 is 0 Å². The lowest BCUT2D eigenvalue weighted by Gasteiger charge is -1.83. The Kier molecular flexibility index (Phi) is 3.27. The van der Waals surface area contributed by atoms with Gasteiger partial charge in [0.05, 0.1) is 0 Å². The molecule has 0 aromatic carbocycles. The SMILES string of the molecule is O=C=NC(O)N=C=O. The predicted molar refractivity (Wildman–Crippen MR) is 22.2 cm³/mol. The number of carbonyl (C=O) groups excluding carboxylic acids is 2. The van der Waals surface area contributed by atoms with Crippen LogP contribution in [0.2, 0.25) is 0 Å². The number of aliphatic hydroxyl groups excluding tert-OH is 1. The maximum atomic E-state index is 9.25. The van der Waals surface area contributed by atoms with Crippen molar-refractivity contribution in [2.75, 3.05) is 0 Å². The number of aliphatic imine (C=N–C) groups is 2. The zero-order valence-electron chi connectivity index (χ0n) is 3.74.